The predicted molar refractivity (Wildman–Crippen MR) is 106 cm³/mol. The molecule has 26 heavy (non-hydrogen) atoms. The van der Waals surface area contributed by atoms with Crippen molar-refractivity contribution < 1.29 is 4.79 Å². The minimum Gasteiger partial charge on any atom is -0.325 e. The van der Waals surface area contributed by atoms with Gasteiger partial charge < -0.3 is 5.32 Å². The molecule has 0 saturated carbocycles. The van der Waals surface area contributed by atoms with Crippen LogP contribution in [0.25, 0.3) is 0 Å². The number of aromatic nitrogens is 2. The Morgan fingerprint density at radius 3 is 2.77 bits per heavy atom. The second kappa shape index (κ2) is 7.08. The summed E-state index contributed by atoms with van der Waals surface area (Å²) in [6, 6.07) is 6.97. The van der Waals surface area contributed by atoms with Gasteiger partial charge in [-0.1, -0.05) is 50.2 Å². The molecule has 1 amide bonds. The zero-order valence-electron chi connectivity index (χ0n) is 15.3. The van der Waals surface area contributed by atoms with Crippen LogP contribution in [0, 0.1) is 12.8 Å². The largest absolute Gasteiger partial charge is 0.325 e. The van der Waals surface area contributed by atoms with Crippen LogP contribution in [0.1, 0.15) is 32.0 Å². The Hall–Kier alpha value is -1.79. The number of hydrogen-bond acceptors (Lipinski definition) is 4. The van der Waals surface area contributed by atoms with E-state index in [1.165, 1.54) is 11.8 Å². The molecule has 1 N–H and O–H groups in total. The fourth-order valence-corrected chi connectivity index (χ4v) is 3.98. The molecule has 0 fully saturated rings. The van der Waals surface area contributed by atoms with Gasteiger partial charge in [-0.25, -0.2) is 4.98 Å². The summed E-state index contributed by atoms with van der Waals surface area (Å²) in [5.41, 5.74) is 2.13. The smallest absolute Gasteiger partial charge is 0.254 e. The molecule has 1 aliphatic rings. The van der Waals surface area contributed by atoms with Crippen molar-refractivity contribution in [1.29, 1.82) is 0 Å². The highest BCUT2D eigenvalue weighted by atomic mass is 35.5. The van der Waals surface area contributed by atoms with E-state index < -0.39 is 0 Å². The fourth-order valence-electron chi connectivity index (χ4n) is 2.72. The number of benzene rings is 1. The molecule has 0 bridgehead atoms. The maximum absolute atomic E-state index is 12.7. The second-order valence-electron chi connectivity index (χ2n) is 7.58. The third-order valence-electron chi connectivity index (χ3n) is 4.39. The molecule has 2 heterocycles. The standard InChI is InChI=1S/C19H22ClN3O2S/c1-11-5-6-13(20)7-14(11)21-17(25)12-9-23-16(24)8-15(19(2,3)4)22-18(23)26-10-12/h5-8,12H,9-10H2,1-4H3,(H,21,25). The van der Waals surface area contributed by atoms with E-state index in [1.54, 1.807) is 22.8 Å². The Kier molecular flexibility index (Phi) is 5.17. The van der Waals surface area contributed by atoms with Gasteiger partial charge in [0.1, 0.15) is 0 Å². The fraction of sp³-hybridized carbons (Fsp3) is 0.421. The van der Waals surface area contributed by atoms with E-state index in [1.807, 2.05) is 33.8 Å². The summed E-state index contributed by atoms with van der Waals surface area (Å²) in [6.45, 7) is 8.35. The van der Waals surface area contributed by atoms with E-state index in [2.05, 4.69) is 10.3 Å². The molecule has 3 rings (SSSR count). The molecule has 1 aromatic heterocycles. The zero-order chi connectivity index (χ0) is 19.1. The first-order chi connectivity index (χ1) is 12.1. The van der Waals surface area contributed by atoms with Crippen molar-refractivity contribution >= 4 is 35.0 Å². The van der Waals surface area contributed by atoms with Crippen LogP contribution in [0.15, 0.2) is 34.2 Å². The molecule has 1 unspecified atom stereocenters. The summed E-state index contributed by atoms with van der Waals surface area (Å²) < 4.78 is 1.60. The topological polar surface area (TPSA) is 64.0 Å². The zero-order valence-corrected chi connectivity index (χ0v) is 16.9. The van der Waals surface area contributed by atoms with E-state index in [-0.39, 0.29) is 22.8 Å². The van der Waals surface area contributed by atoms with Crippen LogP contribution in [0.5, 0.6) is 0 Å². The van der Waals surface area contributed by atoms with E-state index in [0.717, 1.165) is 11.3 Å². The lowest BCUT2D eigenvalue weighted by molar-refractivity contribution is -0.119. The molecule has 0 radical (unpaired) electrons. The third-order valence-corrected chi connectivity index (χ3v) is 5.76. The van der Waals surface area contributed by atoms with Crippen molar-refractivity contribution in [2.45, 2.75) is 44.8 Å². The van der Waals surface area contributed by atoms with Gasteiger partial charge in [0.2, 0.25) is 5.91 Å². The van der Waals surface area contributed by atoms with Crippen LogP contribution in [0.3, 0.4) is 0 Å². The van der Waals surface area contributed by atoms with Crippen molar-refractivity contribution in [3.63, 3.8) is 0 Å². The van der Waals surface area contributed by atoms with E-state index >= 15 is 0 Å². The van der Waals surface area contributed by atoms with Crippen molar-refractivity contribution in [3.8, 4) is 0 Å². The van der Waals surface area contributed by atoms with Gasteiger partial charge >= 0.3 is 0 Å². The van der Waals surface area contributed by atoms with Crippen LogP contribution < -0.4 is 10.9 Å². The first-order valence-electron chi connectivity index (χ1n) is 8.47. The molecule has 0 saturated heterocycles. The van der Waals surface area contributed by atoms with Crippen LogP contribution in [-0.4, -0.2) is 21.2 Å². The Balaban J connectivity index is 1.81. The van der Waals surface area contributed by atoms with Gasteiger partial charge in [-0.15, -0.1) is 0 Å². The summed E-state index contributed by atoms with van der Waals surface area (Å²) >= 11 is 7.47. The number of halogens is 1. The molecule has 1 aromatic carbocycles. The minimum absolute atomic E-state index is 0.108. The number of thioether (sulfide) groups is 1. The Morgan fingerprint density at radius 1 is 1.35 bits per heavy atom. The van der Waals surface area contributed by atoms with Crippen LogP contribution in [-0.2, 0) is 16.8 Å². The van der Waals surface area contributed by atoms with Gasteiger partial charge in [0.25, 0.3) is 5.56 Å². The Morgan fingerprint density at radius 2 is 2.08 bits per heavy atom. The monoisotopic (exact) mass is 391 g/mol. The average molecular weight is 392 g/mol. The summed E-state index contributed by atoms with van der Waals surface area (Å²) in [4.78, 5) is 29.8. The highest BCUT2D eigenvalue weighted by molar-refractivity contribution is 7.99. The first kappa shape index (κ1) is 19.0. The first-order valence-corrected chi connectivity index (χ1v) is 9.83. The molecular formula is C19H22ClN3O2S. The molecule has 0 aliphatic carbocycles. The minimum atomic E-state index is -0.300. The van der Waals surface area contributed by atoms with Gasteiger partial charge in [-0.05, 0) is 24.6 Å². The molecule has 7 heteroatoms. The van der Waals surface area contributed by atoms with Crippen LogP contribution in [0.4, 0.5) is 5.69 Å². The highest BCUT2D eigenvalue weighted by Gasteiger charge is 2.29. The second-order valence-corrected chi connectivity index (χ2v) is 9.00. The number of rotatable bonds is 2. The number of aryl methyl sites for hydroxylation is 1. The predicted octanol–water partition coefficient (Wildman–Crippen LogP) is 3.86. The number of carbonyl (C=O) groups is 1. The number of nitrogens with one attached hydrogen (secondary N) is 1. The van der Waals surface area contributed by atoms with Crippen molar-refractivity contribution in [2.24, 2.45) is 5.92 Å². The van der Waals surface area contributed by atoms with Crippen LogP contribution >= 0.6 is 23.4 Å². The van der Waals surface area contributed by atoms with E-state index in [9.17, 15) is 9.59 Å². The van der Waals surface area contributed by atoms with Gasteiger partial charge in [0.05, 0.1) is 11.6 Å². The quantitative estimate of drug-likeness (QED) is 0.789. The lowest BCUT2D eigenvalue weighted by Crippen LogP contribution is -2.37. The number of fused-ring (bicyclic) bond motifs is 1. The van der Waals surface area contributed by atoms with Crippen molar-refractivity contribution in [2.75, 3.05) is 11.1 Å². The lowest BCUT2D eigenvalue weighted by atomic mass is 9.92. The van der Waals surface area contributed by atoms with Crippen molar-refractivity contribution in [1.82, 2.24) is 9.55 Å². The van der Waals surface area contributed by atoms with Gasteiger partial charge in [0, 0.05) is 34.5 Å². The number of carbonyl (C=O) groups excluding carboxylic acids is 1. The molecule has 1 atom stereocenters. The maximum Gasteiger partial charge on any atom is 0.254 e. The summed E-state index contributed by atoms with van der Waals surface area (Å²) in [5, 5.41) is 4.19. The number of nitrogens with zero attached hydrogens (tertiary/aromatic N) is 2. The molecule has 0 spiro atoms. The highest BCUT2D eigenvalue weighted by Crippen LogP contribution is 2.29. The summed E-state index contributed by atoms with van der Waals surface area (Å²) in [6.07, 6.45) is 0. The van der Waals surface area contributed by atoms with E-state index in [0.29, 0.717) is 28.2 Å². The normalized spacial score (nSPS) is 16.9. The Bertz CT molecular complexity index is 918. The maximum atomic E-state index is 12.7. The molecule has 138 valence electrons. The third kappa shape index (κ3) is 3.96. The molecule has 5 nitrogen and oxygen atoms in total. The number of amides is 1. The number of hydrogen-bond donors (Lipinski definition) is 1. The van der Waals surface area contributed by atoms with Gasteiger partial charge in [-0.3, -0.25) is 14.2 Å². The average Bonchev–Trinajstić information content (AvgIpc) is 2.57. The van der Waals surface area contributed by atoms with Crippen LogP contribution in [0.2, 0.25) is 5.02 Å². The molecular weight excluding hydrogens is 370 g/mol. The SMILES string of the molecule is Cc1ccc(Cl)cc1NC(=O)C1CSc2nc(C(C)(C)C)cc(=O)n2C1. The number of anilines is 1. The van der Waals surface area contributed by atoms with Gasteiger partial charge in [0.15, 0.2) is 5.16 Å². The molecule has 1 aliphatic heterocycles. The van der Waals surface area contributed by atoms with Crippen molar-refractivity contribution in [3.05, 3.63) is 50.9 Å². The molecule has 2 aromatic rings. The van der Waals surface area contributed by atoms with E-state index in [4.69, 9.17) is 11.6 Å². The summed E-state index contributed by atoms with van der Waals surface area (Å²) in [5.74, 6) is 0.178. The Labute approximate surface area is 162 Å². The lowest BCUT2D eigenvalue weighted by Gasteiger charge is -2.26. The van der Waals surface area contributed by atoms with Gasteiger partial charge in [-0.2, -0.15) is 0 Å². The summed E-state index contributed by atoms with van der Waals surface area (Å²) in [7, 11) is 0.